The molecular formula is C22H22ClN3O4. The normalized spacial score (nSPS) is 13.3. The summed E-state index contributed by atoms with van der Waals surface area (Å²) in [5, 5.41) is 5.71. The summed E-state index contributed by atoms with van der Waals surface area (Å²) in [6, 6.07) is 11.1. The van der Waals surface area contributed by atoms with E-state index in [0.717, 1.165) is 0 Å². The van der Waals surface area contributed by atoms with Gasteiger partial charge < -0.3 is 10.6 Å². The number of rotatable bonds is 5. The zero-order chi connectivity index (χ0) is 22.1. The molecule has 8 heteroatoms. The van der Waals surface area contributed by atoms with Crippen LogP contribution in [0.25, 0.3) is 0 Å². The predicted molar refractivity (Wildman–Crippen MR) is 113 cm³/mol. The Balaban J connectivity index is 1.60. The van der Waals surface area contributed by atoms with Crippen molar-refractivity contribution in [2.75, 3.05) is 13.1 Å². The Morgan fingerprint density at radius 1 is 0.900 bits per heavy atom. The molecule has 0 spiro atoms. The quantitative estimate of drug-likeness (QED) is 0.566. The first-order valence-corrected chi connectivity index (χ1v) is 9.83. The molecule has 0 saturated carbocycles. The highest BCUT2D eigenvalue weighted by Gasteiger charge is 2.42. The van der Waals surface area contributed by atoms with Gasteiger partial charge in [0.05, 0.1) is 21.7 Å². The van der Waals surface area contributed by atoms with Crippen LogP contribution in [0.15, 0.2) is 42.5 Å². The molecule has 0 fully saturated rings. The minimum atomic E-state index is -0.657. The van der Waals surface area contributed by atoms with E-state index < -0.39 is 17.4 Å². The van der Waals surface area contributed by atoms with Crippen LogP contribution in [0.1, 0.15) is 62.2 Å². The number of carbonyl (C=O) groups is 4. The van der Waals surface area contributed by atoms with Crippen LogP contribution in [0.4, 0.5) is 0 Å². The second-order valence-corrected chi connectivity index (χ2v) is 8.28. The molecule has 156 valence electrons. The topological polar surface area (TPSA) is 95.6 Å². The van der Waals surface area contributed by atoms with E-state index in [0.29, 0.717) is 16.1 Å². The van der Waals surface area contributed by atoms with Gasteiger partial charge in [0, 0.05) is 24.2 Å². The Morgan fingerprint density at radius 2 is 1.50 bits per heavy atom. The zero-order valence-corrected chi connectivity index (χ0v) is 17.7. The van der Waals surface area contributed by atoms with Crippen LogP contribution in [-0.4, -0.2) is 47.2 Å². The van der Waals surface area contributed by atoms with Crippen LogP contribution >= 0.6 is 11.6 Å². The molecule has 1 heterocycles. The number of fused-ring (bicyclic) bond motifs is 1. The molecule has 1 aliphatic heterocycles. The molecule has 0 unspecified atom stereocenters. The van der Waals surface area contributed by atoms with Gasteiger partial charge >= 0.3 is 0 Å². The van der Waals surface area contributed by atoms with Crippen molar-refractivity contribution in [3.63, 3.8) is 0 Å². The Morgan fingerprint density at radius 3 is 2.13 bits per heavy atom. The summed E-state index contributed by atoms with van der Waals surface area (Å²) >= 11 is 5.98. The van der Waals surface area contributed by atoms with Gasteiger partial charge in [-0.25, -0.2) is 0 Å². The molecule has 2 N–H and O–H groups in total. The van der Waals surface area contributed by atoms with Crippen molar-refractivity contribution in [1.29, 1.82) is 0 Å². The lowest BCUT2D eigenvalue weighted by Crippen LogP contribution is -2.45. The minimum Gasteiger partial charge on any atom is -0.350 e. The first kappa shape index (κ1) is 21.5. The van der Waals surface area contributed by atoms with Gasteiger partial charge in [0.1, 0.15) is 0 Å². The molecule has 0 radical (unpaired) electrons. The van der Waals surface area contributed by atoms with E-state index in [4.69, 9.17) is 11.6 Å². The van der Waals surface area contributed by atoms with E-state index in [9.17, 15) is 19.2 Å². The van der Waals surface area contributed by atoms with E-state index >= 15 is 0 Å². The van der Waals surface area contributed by atoms with Gasteiger partial charge in [-0.2, -0.15) is 0 Å². The minimum absolute atomic E-state index is 0.188. The lowest BCUT2D eigenvalue weighted by molar-refractivity contribution is 0.0507. The van der Waals surface area contributed by atoms with Gasteiger partial charge in [0.2, 0.25) is 0 Å². The molecular weight excluding hydrogens is 406 g/mol. The molecule has 0 aliphatic carbocycles. The van der Waals surface area contributed by atoms with E-state index in [1.165, 1.54) is 23.1 Å². The van der Waals surface area contributed by atoms with Crippen LogP contribution in [0.3, 0.4) is 0 Å². The third kappa shape index (κ3) is 4.21. The summed E-state index contributed by atoms with van der Waals surface area (Å²) in [5.74, 6) is -1.51. The predicted octanol–water partition coefficient (Wildman–Crippen LogP) is 2.89. The number of nitrogens with one attached hydrogen (secondary N) is 2. The fraction of sp³-hybridized carbons (Fsp3) is 0.273. The number of hydrogen-bond donors (Lipinski definition) is 2. The lowest BCUT2D eigenvalue weighted by Gasteiger charge is -2.29. The first-order valence-electron chi connectivity index (χ1n) is 9.45. The van der Waals surface area contributed by atoms with Gasteiger partial charge in [0.25, 0.3) is 23.6 Å². The molecule has 4 amide bonds. The van der Waals surface area contributed by atoms with Crippen molar-refractivity contribution >= 4 is 35.2 Å². The molecule has 30 heavy (non-hydrogen) atoms. The standard InChI is InChI=1S/C22H22ClN3O4/c1-22(2,3)26-20(29)14-9-8-13(12-16(14)21(26)30)18(27)24-10-11-25-19(28)15-6-4-5-7-17(15)23/h4-9,12H,10-11H2,1-3H3,(H,24,27)(H,25,28). The Kier molecular flexibility index (Phi) is 5.94. The summed E-state index contributed by atoms with van der Waals surface area (Å²) in [6.07, 6.45) is 0. The van der Waals surface area contributed by atoms with Crippen LogP contribution in [0.5, 0.6) is 0 Å². The number of benzene rings is 2. The highest BCUT2D eigenvalue weighted by atomic mass is 35.5. The van der Waals surface area contributed by atoms with Crippen LogP contribution in [-0.2, 0) is 0 Å². The van der Waals surface area contributed by atoms with Gasteiger partial charge in [-0.3, -0.25) is 24.1 Å². The summed E-state index contributed by atoms with van der Waals surface area (Å²) in [7, 11) is 0. The number of amides is 4. The van der Waals surface area contributed by atoms with E-state index in [1.807, 2.05) is 0 Å². The van der Waals surface area contributed by atoms with Crippen LogP contribution < -0.4 is 10.6 Å². The van der Waals surface area contributed by atoms with E-state index in [1.54, 1.807) is 45.0 Å². The molecule has 0 aromatic heterocycles. The van der Waals surface area contributed by atoms with Crippen molar-refractivity contribution in [2.45, 2.75) is 26.3 Å². The molecule has 2 aromatic rings. The highest BCUT2D eigenvalue weighted by Crippen LogP contribution is 2.29. The average Bonchev–Trinajstić information content (AvgIpc) is 2.95. The zero-order valence-electron chi connectivity index (χ0n) is 16.9. The molecule has 7 nitrogen and oxygen atoms in total. The maximum atomic E-state index is 12.6. The third-order valence-corrected chi connectivity index (χ3v) is 4.96. The monoisotopic (exact) mass is 427 g/mol. The van der Waals surface area contributed by atoms with Crippen molar-refractivity contribution < 1.29 is 19.2 Å². The van der Waals surface area contributed by atoms with Crippen LogP contribution in [0, 0.1) is 0 Å². The largest absolute Gasteiger partial charge is 0.350 e. The molecule has 0 bridgehead atoms. The summed E-state index contributed by atoms with van der Waals surface area (Å²) in [4.78, 5) is 50.9. The third-order valence-electron chi connectivity index (χ3n) is 4.63. The molecule has 3 rings (SSSR count). The lowest BCUT2D eigenvalue weighted by atomic mass is 10.1. The molecule has 1 aliphatic rings. The second kappa shape index (κ2) is 8.28. The Labute approximate surface area is 179 Å². The molecule has 2 aromatic carbocycles. The van der Waals surface area contributed by atoms with Gasteiger partial charge in [-0.05, 0) is 51.1 Å². The number of carbonyl (C=O) groups excluding carboxylic acids is 4. The van der Waals surface area contributed by atoms with E-state index in [-0.39, 0.29) is 36.0 Å². The molecule has 0 saturated heterocycles. The second-order valence-electron chi connectivity index (χ2n) is 7.87. The highest BCUT2D eigenvalue weighted by molar-refractivity contribution is 6.33. The maximum absolute atomic E-state index is 12.6. The van der Waals surface area contributed by atoms with Crippen molar-refractivity contribution in [3.8, 4) is 0 Å². The van der Waals surface area contributed by atoms with E-state index in [2.05, 4.69) is 10.6 Å². The van der Waals surface area contributed by atoms with Crippen molar-refractivity contribution in [3.05, 3.63) is 69.7 Å². The fourth-order valence-corrected chi connectivity index (χ4v) is 3.41. The smallest absolute Gasteiger partial charge is 0.262 e. The maximum Gasteiger partial charge on any atom is 0.262 e. The van der Waals surface area contributed by atoms with Crippen LogP contribution in [0.2, 0.25) is 5.02 Å². The summed E-state index contributed by atoms with van der Waals surface area (Å²) in [5.41, 5.74) is 0.474. The Hall–Kier alpha value is -3.19. The van der Waals surface area contributed by atoms with Gasteiger partial charge in [0.15, 0.2) is 0 Å². The fourth-order valence-electron chi connectivity index (χ4n) is 3.19. The summed E-state index contributed by atoms with van der Waals surface area (Å²) < 4.78 is 0. The number of imide groups is 1. The Bertz CT molecular complexity index is 1040. The SMILES string of the molecule is CC(C)(C)N1C(=O)c2ccc(C(=O)NCCNC(=O)c3ccccc3Cl)cc2C1=O. The number of halogens is 1. The average molecular weight is 428 g/mol. The van der Waals surface area contributed by atoms with Gasteiger partial charge in [-0.15, -0.1) is 0 Å². The van der Waals surface area contributed by atoms with Crippen molar-refractivity contribution in [1.82, 2.24) is 15.5 Å². The van der Waals surface area contributed by atoms with Crippen molar-refractivity contribution in [2.24, 2.45) is 0 Å². The summed E-state index contributed by atoms with van der Waals surface area (Å²) in [6.45, 7) is 5.72. The number of hydrogen-bond acceptors (Lipinski definition) is 4. The molecule has 0 atom stereocenters. The van der Waals surface area contributed by atoms with Gasteiger partial charge in [-0.1, -0.05) is 23.7 Å². The first-order chi connectivity index (χ1) is 14.1. The number of nitrogens with zero attached hydrogens (tertiary/aromatic N) is 1.